The number of nitrogens with zero attached hydrogens (tertiary/aromatic N) is 3. The van der Waals surface area contributed by atoms with Gasteiger partial charge >= 0.3 is 0 Å². The number of rotatable bonds is 6. The van der Waals surface area contributed by atoms with Crippen LogP contribution in [0.4, 0.5) is 0 Å². The van der Waals surface area contributed by atoms with Gasteiger partial charge in [0.1, 0.15) is 0 Å². The first kappa shape index (κ1) is 13.3. The smallest absolute Gasteiger partial charge is 0.231 e. The third-order valence-corrected chi connectivity index (χ3v) is 2.03. The van der Waals surface area contributed by atoms with Gasteiger partial charge < -0.3 is 11.5 Å². The number of halogens is 1. The van der Waals surface area contributed by atoms with Crippen molar-refractivity contribution in [1.82, 2.24) is 15.1 Å². The molecule has 0 saturated carbocycles. The highest BCUT2D eigenvalue weighted by atomic mass is 35.5. The van der Waals surface area contributed by atoms with Crippen LogP contribution in [-0.2, 0) is 16.1 Å². The normalized spacial score (nSPS) is 10.5. The first-order valence-electron chi connectivity index (χ1n) is 4.74. The highest BCUT2D eigenvalue weighted by Gasteiger charge is 2.12. The molecule has 1 aromatic heterocycles. The van der Waals surface area contributed by atoms with Crippen LogP contribution in [0, 0.1) is 0 Å². The molecule has 4 N–H and O–H groups in total. The van der Waals surface area contributed by atoms with Gasteiger partial charge in [-0.1, -0.05) is 11.6 Å². The van der Waals surface area contributed by atoms with Crippen LogP contribution in [0.1, 0.15) is 5.69 Å². The van der Waals surface area contributed by atoms with Crippen molar-refractivity contribution < 1.29 is 9.59 Å². The summed E-state index contributed by atoms with van der Waals surface area (Å²) >= 11 is 5.58. The molecule has 0 atom stereocenters. The van der Waals surface area contributed by atoms with Gasteiger partial charge in [0, 0.05) is 6.54 Å². The van der Waals surface area contributed by atoms with Gasteiger partial charge in [-0.2, -0.15) is 5.10 Å². The molecule has 1 aromatic rings. The van der Waals surface area contributed by atoms with E-state index in [9.17, 15) is 9.59 Å². The second kappa shape index (κ2) is 6.12. The Balaban J connectivity index is 2.67. The van der Waals surface area contributed by atoms with Crippen molar-refractivity contribution in [3.63, 3.8) is 0 Å². The Hall–Kier alpha value is -1.73. The van der Waals surface area contributed by atoms with Crippen molar-refractivity contribution in [2.24, 2.45) is 11.5 Å². The van der Waals surface area contributed by atoms with E-state index in [2.05, 4.69) is 10.2 Å². The van der Waals surface area contributed by atoms with Crippen LogP contribution in [-0.4, -0.2) is 40.0 Å². The summed E-state index contributed by atoms with van der Waals surface area (Å²) in [7, 11) is 0. The first-order valence-corrected chi connectivity index (χ1v) is 5.12. The highest BCUT2D eigenvalue weighted by molar-refractivity contribution is 6.29. The van der Waals surface area contributed by atoms with Gasteiger partial charge in [0.15, 0.2) is 5.15 Å². The van der Waals surface area contributed by atoms with Crippen LogP contribution in [0.15, 0.2) is 12.1 Å². The summed E-state index contributed by atoms with van der Waals surface area (Å²) in [5.74, 6) is -1.10. The Kier molecular flexibility index (Phi) is 4.80. The van der Waals surface area contributed by atoms with Crippen molar-refractivity contribution in [3.05, 3.63) is 23.0 Å². The summed E-state index contributed by atoms with van der Waals surface area (Å²) in [6.45, 7) is 0.0938. The van der Waals surface area contributed by atoms with E-state index in [-0.39, 0.29) is 24.8 Å². The molecule has 17 heavy (non-hydrogen) atoms. The van der Waals surface area contributed by atoms with Crippen LogP contribution in [0.5, 0.6) is 0 Å². The molecular formula is C9H12ClN5O2. The summed E-state index contributed by atoms with van der Waals surface area (Å²) in [6.07, 6.45) is 0. The standard InChI is InChI=1S/C9H12ClN5O2/c10-7-2-1-6(13-14-7)3-15(4-8(11)16)5-9(12)17/h1-2H,3-5H2,(H2,11,16)(H2,12,17). The average molecular weight is 258 g/mol. The maximum atomic E-state index is 10.8. The predicted molar refractivity (Wildman–Crippen MR) is 60.7 cm³/mol. The zero-order valence-electron chi connectivity index (χ0n) is 8.97. The van der Waals surface area contributed by atoms with Crippen molar-refractivity contribution >= 4 is 23.4 Å². The molecule has 7 nitrogen and oxygen atoms in total. The second-order valence-corrected chi connectivity index (χ2v) is 3.81. The van der Waals surface area contributed by atoms with E-state index in [0.717, 1.165) is 0 Å². The molecule has 0 spiro atoms. The Morgan fingerprint density at radius 2 is 1.76 bits per heavy atom. The minimum atomic E-state index is -0.548. The summed E-state index contributed by atoms with van der Waals surface area (Å²) < 4.78 is 0. The molecule has 0 bridgehead atoms. The molecule has 1 heterocycles. The molecular weight excluding hydrogens is 246 g/mol. The van der Waals surface area contributed by atoms with Crippen LogP contribution in [0.25, 0.3) is 0 Å². The number of amides is 2. The van der Waals surface area contributed by atoms with E-state index < -0.39 is 11.8 Å². The molecule has 0 fully saturated rings. The molecule has 1 rings (SSSR count). The van der Waals surface area contributed by atoms with Crippen molar-refractivity contribution in [2.75, 3.05) is 13.1 Å². The molecule has 0 saturated heterocycles. The average Bonchev–Trinajstić information content (AvgIpc) is 2.19. The summed E-state index contributed by atoms with van der Waals surface area (Å²) in [5, 5.41) is 7.72. The van der Waals surface area contributed by atoms with Crippen molar-refractivity contribution in [1.29, 1.82) is 0 Å². The Morgan fingerprint density at radius 1 is 1.18 bits per heavy atom. The summed E-state index contributed by atoms with van der Waals surface area (Å²) in [6, 6.07) is 3.21. The Morgan fingerprint density at radius 3 is 2.18 bits per heavy atom. The zero-order chi connectivity index (χ0) is 12.8. The van der Waals surface area contributed by atoms with E-state index in [1.807, 2.05) is 0 Å². The third-order valence-electron chi connectivity index (χ3n) is 1.83. The van der Waals surface area contributed by atoms with Gasteiger partial charge in [-0.15, -0.1) is 5.10 Å². The number of hydrogen-bond acceptors (Lipinski definition) is 5. The lowest BCUT2D eigenvalue weighted by Crippen LogP contribution is -2.39. The largest absolute Gasteiger partial charge is 0.369 e. The minimum Gasteiger partial charge on any atom is -0.369 e. The van der Waals surface area contributed by atoms with E-state index in [1.165, 1.54) is 4.90 Å². The molecule has 92 valence electrons. The van der Waals surface area contributed by atoms with Crippen LogP contribution >= 0.6 is 11.6 Å². The lowest BCUT2D eigenvalue weighted by molar-refractivity contribution is -0.122. The lowest BCUT2D eigenvalue weighted by atomic mass is 10.3. The molecule has 2 amide bonds. The Bertz CT molecular complexity index is 392. The number of carbonyl (C=O) groups excluding carboxylic acids is 2. The van der Waals surface area contributed by atoms with Crippen LogP contribution < -0.4 is 11.5 Å². The number of primary amides is 2. The van der Waals surface area contributed by atoms with E-state index >= 15 is 0 Å². The molecule has 0 aliphatic heterocycles. The topological polar surface area (TPSA) is 115 Å². The van der Waals surface area contributed by atoms with Gasteiger partial charge in [-0.3, -0.25) is 14.5 Å². The summed E-state index contributed by atoms with van der Waals surface area (Å²) in [4.78, 5) is 23.1. The van der Waals surface area contributed by atoms with Crippen LogP contribution in [0.2, 0.25) is 5.15 Å². The van der Waals surface area contributed by atoms with Crippen molar-refractivity contribution in [2.45, 2.75) is 6.54 Å². The van der Waals surface area contributed by atoms with E-state index in [1.54, 1.807) is 12.1 Å². The van der Waals surface area contributed by atoms with Gasteiger partial charge in [0.25, 0.3) is 0 Å². The maximum Gasteiger partial charge on any atom is 0.231 e. The molecule has 0 aliphatic rings. The molecule has 8 heteroatoms. The predicted octanol–water partition coefficient (Wildman–Crippen LogP) is -1.10. The van der Waals surface area contributed by atoms with Crippen LogP contribution in [0.3, 0.4) is 0 Å². The van der Waals surface area contributed by atoms with Gasteiger partial charge in [0.05, 0.1) is 18.8 Å². The second-order valence-electron chi connectivity index (χ2n) is 3.43. The SMILES string of the molecule is NC(=O)CN(CC(N)=O)Cc1ccc(Cl)nn1. The molecule has 0 radical (unpaired) electrons. The molecule has 0 aromatic carbocycles. The fourth-order valence-electron chi connectivity index (χ4n) is 1.27. The minimum absolute atomic E-state index is 0.0761. The van der Waals surface area contributed by atoms with E-state index in [0.29, 0.717) is 5.69 Å². The van der Waals surface area contributed by atoms with E-state index in [4.69, 9.17) is 23.1 Å². The number of aromatic nitrogens is 2. The van der Waals surface area contributed by atoms with Gasteiger partial charge in [0.2, 0.25) is 11.8 Å². The quantitative estimate of drug-likeness (QED) is 0.671. The zero-order valence-corrected chi connectivity index (χ0v) is 9.72. The highest BCUT2D eigenvalue weighted by Crippen LogP contribution is 2.04. The lowest BCUT2D eigenvalue weighted by Gasteiger charge is -2.17. The van der Waals surface area contributed by atoms with Crippen molar-refractivity contribution in [3.8, 4) is 0 Å². The molecule has 0 aliphatic carbocycles. The number of carbonyl (C=O) groups is 2. The van der Waals surface area contributed by atoms with Gasteiger partial charge in [-0.25, -0.2) is 0 Å². The fraction of sp³-hybridized carbons (Fsp3) is 0.333. The monoisotopic (exact) mass is 257 g/mol. The maximum absolute atomic E-state index is 10.8. The first-order chi connectivity index (χ1) is 7.97. The summed E-state index contributed by atoms with van der Waals surface area (Å²) in [5.41, 5.74) is 10.7. The van der Waals surface area contributed by atoms with Gasteiger partial charge in [-0.05, 0) is 12.1 Å². The number of hydrogen-bond donors (Lipinski definition) is 2. The third kappa shape index (κ3) is 5.23. The Labute approximate surface area is 103 Å². The number of nitrogens with two attached hydrogens (primary N) is 2. The fourth-order valence-corrected chi connectivity index (χ4v) is 1.37. The molecule has 0 unspecified atom stereocenters.